The Morgan fingerprint density at radius 1 is 1.12 bits per heavy atom. The van der Waals surface area contributed by atoms with E-state index in [0.717, 1.165) is 23.0 Å². The maximum atomic E-state index is 11.9. The molecule has 2 N–H and O–H groups in total. The summed E-state index contributed by atoms with van der Waals surface area (Å²) in [4.78, 5) is 31.4. The third-order valence-electron chi connectivity index (χ3n) is 5.79. The molecule has 1 atom stereocenters. The van der Waals surface area contributed by atoms with Crippen LogP contribution >= 0.6 is 11.3 Å². The smallest absolute Gasteiger partial charge is 0.336 e. The van der Waals surface area contributed by atoms with Crippen LogP contribution in [0.2, 0.25) is 0 Å². The first-order valence-electron chi connectivity index (χ1n) is 10.8. The van der Waals surface area contributed by atoms with Crippen LogP contribution in [0.5, 0.6) is 0 Å². The number of thiazole rings is 1. The molecule has 1 fully saturated rings. The molecule has 1 aliphatic carbocycles. The number of benzene rings is 2. The van der Waals surface area contributed by atoms with E-state index >= 15 is 0 Å². The lowest BCUT2D eigenvalue weighted by atomic mass is 10.0. The summed E-state index contributed by atoms with van der Waals surface area (Å²) in [5.74, 6) is -1.73. The Labute approximate surface area is 191 Å². The van der Waals surface area contributed by atoms with E-state index in [1.807, 2.05) is 13.0 Å². The van der Waals surface area contributed by atoms with Gasteiger partial charge >= 0.3 is 11.9 Å². The Balaban J connectivity index is 1.78. The van der Waals surface area contributed by atoms with Gasteiger partial charge in [0.2, 0.25) is 0 Å². The predicted molar refractivity (Wildman–Crippen MR) is 126 cm³/mol. The number of hydrogen-bond donors (Lipinski definition) is 2. The largest absolute Gasteiger partial charge is 0.478 e. The molecule has 1 saturated carbocycles. The lowest BCUT2D eigenvalue weighted by molar-refractivity contribution is 0.0696. The number of aromatic carboxylic acids is 2. The first-order valence-corrected chi connectivity index (χ1v) is 11.6. The average Bonchev–Trinajstić information content (AvgIpc) is 3.54. The maximum absolute atomic E-state index is 11.9. The van der Waals surface area contributed by atoms with Gasteiger partial charge in [-0.25, -0.2) is 14.6 Å². The highest BCUT2D eigenvalue weighted by molar-refractivity contribution is 7.16. The average molecular weight is 451 g/mol. The van der Waals surface area contributed by atoms with Crippen molar-refractivity contribution < 1.29 is 19.8 Å². The highest BCUT2D eigenvalue weighted by Gasteiger charge is 2.37. The van der Waals surface area contributed by atoms with Gasteiger partial charge in [0.05, 0.1) is 22.9 Å². The molecule has 1 heterocycles. The summed E-state index contributed by atoms with van der Waals surface area (Å²) in [6.07, 6.45) is 3.35. The van der Waals surface area contributed by atoms with Crippen molar-refractivity contribution in [2.45, 2.75) is 39.2 Å². The highest BCUT2D eigenvalue weighted by Crippen LogP contribution is 2.47. The quantitative estimate of drug-likeness (QED) is 0.423. The van der Waals surface area contributed by atoms with Gasteiger partial charge in [-0.1, -0.05) is 43.3 Å². The molecule has 1 unspecified atom stereocenters. The van der Waals surface area contributed by atoms with Crippen LogP contribution in [0, 0.1) is 12.8 Å². The van der Waals surface area contributed by atoms with Crippen molar-refractivity contribution in [3.8, 4) is 11.3 Å². The van der Waals surface area contributed by atoms with E-state index in [2.05, 4.69) is 36.1 Å². The second-order valence-electron chi connectivity index (χ2n) is 8.16. The normalized spacial score (nSPS) is 14.2. The maximum Gasteiger partial charge on any atom is 0.336 e. The standard InChI is InChI=1S/C25H26N2O4S/c1-3-13-27(22(17-9-10-17)16-7-5-4-6-8-16)25-26-21(15(2)32-25)19-12-11-18(23(28)29)14-20(19)24(30)31/h4-8,11-12,14,17,22H,3,9-10,13H2,1-2H3,(H,28,29)(H,30,31). The summed E-state index contributed by atoms with van der Waals surface area (Å²) in [6, 6.07) is 14.9. The minimum atomic E-state index is -1.16. The molecule has 0 spiro atoms. The fourth-order valence-corrected chi connectivity index (χ4v) is 5.16. The number of rotatable bonds is 9. The number of carboxylic acids is 2. The molecular formula is C25H26N2O4S. The summed E-state index contributed by atoms with van der Waals surface area (Å²) >= 11 is 1.56. The molecule has 32 heavy (non-hydrogen) atoms. The van der Waals surface area contributed by atoms with Crippen LogP contribution in [0.4, 0.5) is 5.13 Å². The van der Waals surface area contributed by atoms with Gasteiger partial charge in [-0.05, 0) is 49.8 Å². The third-order valence-corrected chi connectivity index (χ3v) is 6.80. The fraction of sp³-hybridized carbons (Fsp3) is 0.320. The minimum Gasteiger partial charge on any atom is -0.478 e. The number of aromatic nitrogens is 1. The monoisotopic (exact) mass is 450 g/mol. The Kier molecular flexibility index (Phi) is 6.28. The van der Waals surface area contributed by atoms with E-state index < -0.39 is 11.9 Å². The molecule has 166 valence electrons. The lowest BCUT2D eigenvalue weighted by Gasteiger charge is -2.32. The molecule has 0 bridgehead atoms. The van der Waals surface area contributed by atoms with E-state index in [0.29, 0.717) is 17.2 Å². The van der Waals surface area contributed by atoms with Gasteiger partial charge in [0.1, 0.15) is 0 Å². The van der Waals surface area contributed by atoms with Gasteiger partial charge in [-0.3, -0.25) is 0 Å². The zero-order chi connectivity index (χ0) is 22.8. The molecule has 0 radical (unpaired) electrons. The van der Waals surface area contributed by atoms with Crippen LogP contribution in [0.25, 0.3) is 11.3 Å². The van der Waals surface area contributed by atoms with Gasteiger partial charge < -0.3 is 15.1 Å². The minimum absolute atomic E-state index is 0.0475. The first kappa shape index (κ1) is 22.0. The van der Waals surface area contributed by atoms with Crippen molar-refractivity contribution in [2.24, 2.45) is 5.92 Å². The van der Waals surface area contributed by atoms with Crippen LogP contribution < -0.4 is 4.90 Å². The molecule has 0 aliphatic heterocycles. The number of carbonyl (C=O) groups is 2. The van der Waals surface area contributed by atoms with E-state index in [-0.39, 0.29) is 17.2 Å². The first-order chi connectivity index (χ1) is 15.4. The van der Waals surface area contributed by atoms with E-state index in [4.69, 9.17) is 4.98 Å². The number of carboxylic acid groups (broad SMARTS) is 2. The number of nitrogens with zero attached hydrogens (tertiary/aromatic N) is 2. The Hall–Kier alpha value is -3.19. The summed E-state index contributed by atoms with van der Waals surface area (Å²) < 4.78 is 0. The van der Waals surface area contributed by atoms with Crippen molar-refractivity contribution in [3.63, 3.8) is 0 Å². The van der Waals surface area contributed by atoms with Crippen molar-refractivity contribution in [2.75, 3.05) is 11.4 Å². The second-order valence-corrected chi connectivity index (χ2v) is 9.34. The Morgan fingerprint density at radius 3 is 2.44 bits per heavy atom. The summed E-state index contributed by atoms with van der Waals surface area (Å²) in [7, 11) is 0. The number of anilines is 1. The molecule has 1 aromatic heterocycles. The molecule has 7 heteroatoms. The van der Waals surface area contributed by atoms with Gasteiger partial charge in [-0.2, -0.15) is 0 Å². The van der Waals surface area contributed by atoms with Gasteiger partial charge in [-0.15, -0.1) is 11.3 Å². The summed E-state index contributed by atoms with van der Waals surface area (Å²) in [5, 5.41) is 19.8. The van der Waals surface area contributed by atoms with E-state index in [1.54, 1.807) is 17.4 Å². The molecule has 1 aliphatic rings. The van der Waals surface area contributed by atoms with Crippen LogP contribution in [0.1, 0.15) is 63.4 Å². The molecular weight excluding hydrogens is 424 g/mol. The van der Waals surface area contributed by atoms with Crippen LogP contribution in [-0.4, -0.2) is 33.7 Å². The zero-order valence-corrected chi connectivity index (χ0v) is 18.9. The molecule has 0 saturated heterocycles. The van der Waals surface area contributed by atoms with Crippen molar-refractivity contribution >= 4 is 28.4 Å². The second kappa shape index (κ2) is 9.12. The van der Waals surface area contributed by atoms with Crippen molar-refractivity contribution in [1.29, 1.82) is 0 Å². The molecule has 6 nitrogen and oxygen atoms in total. The number of aryl methyl sites for hydroxylation is 1. The third kappa shape index (κ3) is 4.39. The van der Waals surface area contributed by atoms with E-state index in [9.17, 15) is 19.8 Å². The van der Waals surface area contributed by atoms with Crippen molar-refractivity contribution in [3.05, 3.63) is 70.1 Å². The number of hydrogen-bond acceptors (Lipinski definition) is 5. The SMILES string of the molecule is CCCN(c1nc(-c2ccc(C(=O)O)cc2C(=O)O)c(C)s1)C(c1ccccc1)C1CC1. The van der Waals surface area contributed by atoms with Crippen molar-refractivity contribution in [1.82, 2.24) is 4.98 Å². The topological polar surface area (TPSA) is 90.7 Å². The Bertz CT molecular complexity index is 1140. The lowest BCUT2D eigenvalue weighted by Crippen LogP contribution is -2.31. The van der Waals surface area contributed by atoms with Crippen LogP contribution in [0.15, 0.2) is 48.5 Å². The fourth-order valence-electron chi connectivity index (χ4n) is 4.18. The van der Waals surface area contributed by atoms with Crippen LogP contribution in [-0.2, 0) is 0 Å². The van der Waals surface area contributed by atoms with Gasteiger partial charge in [0, 0.05) is 17.0 Å². The summed E-state index contributed by atoms with van der Waals surface area (Å²) in [5.41, 5.74) is 2.22. The summed E-state index contributed by atoms with van der Waals surface area (Å²) in [6.45, 7) is 4.94. The molecule has 4 rings (SSSR count). The molecule has 2 aromatic carbocycles. The van der Waals surface area contributed by atoms with Gasteiger partial charge in [0.25, 0.3) is 0 Å². The highest BCUT2D eigenvalue weighted by atomic mass is 32.1. The Morgan fingerprint density at radius 2 is 1.84 bits per heavy atom. The van der Waals surface area contributed by atoms with Gasteiger partial charge in [0.15, 0.2) is 5.13 Å². The predicted octanol–water partition coefficient (Wildman–Crippen LogP) is 5.88. The van der Waals surface area contributed by atoms with E-state index in [1.165, 1.54) is 30.5 Å². The molecule has 0 amide bonds. The molecule has 3 aromatic rings. The zero-order valence-electron chi connectivity index (χ0n) is 18.1. The van der Waals surface area contributed by atoms with Crippen LogP contribution in [0.3, 0.4) is 0 Å².